The maximum Gasteiger partial charge on any atom is 0.194 e. The Kier molecular flexibility index (Phi) is 5.40. The Morgan fingerprint density at radius 2 is 2.05 bits per heavy atom. The van der Waals surface area contributed by atoms with Crippen LogP contribution in [0.15, 0.2) is 24.3 Å². The van der Waals surface area contributed by atoms with Crippen molar-refractivity contribution >= 4 is 5.78 Å². The Morgan fingerprint density at radius 1 is 1.33 bits per heavy atom. The number of Topliss-reactive ketones (excluding diaryl/α,β-unsaturated/α-hetero) is 1. The second-order valence-electron chi connectivity index (χ2n) is 6.10. The van der Waals surface area contributed by atoms with Crippen molar-refractivity contribution in [3.05, 3.63) is 29.8 Å². The van der Waals surface area contributed by atoms with Crippen molar-refractivity contribution < 1.29 is 14.3 Å². The van der Waals surface area contributed by atoms with E-state index >= 15 is 0 Å². The van der Waals surface area contributed by atoms with E-state index in [4.69, 9.17) is 9.47 Å². The molecule has 1 aromatic rings. The van der Waals surface area contributed by atoms with Crippen molar-refractivity contribution in [2.24, 2.45) is 5.92 Å². The first kappa shape index (κ1) is 16.0. The van der Waals surface area contributed by atoms with Crippen LogP contribution in [-0.4, -0.2) is 25.1 Å². The van der Waals surface area contributed by atoms with Crippen molar-refractivity contribution in [3.8, 4) is 5.75 Å². The van der Waals surface area contributed by atoms with E-state index in [0.29, 0.717) is 12.5 Å². The molecule has 21 heavy (non-hydrogen) atoms. The quantitative estimate of drug-likeness (QED) is 0.735. The van der Waals surface area contributed by atoms with Gasteiger partial charge in [-0.1, -0.05) is 20.3 Å². The average Bonchev–Trinajstić information content (AvgIpc) is 2.52. The summed E-state index contributed by atoms with van der Waals surface area (Å²) in [5, 5.41) is 0. The van der Waals surface area contributed by atoms with Gasteiger partial charge in [0.05, 0.1) is 6.61 Å². The minimum Gasteiger partial charge on any atom is -0.494 e. The van der Waals surface area contributed by atoms with Gasteiger partial charge in [-0.2, -0.15) is 0 Å². The van der Waals surface area contributed by atoms with Gasteiger partial charge in [0.15, 0.2) is 5.78 Å². The van der Waals surface area contributed by atoms with Crippen LogP contribution in [0.5, 0.6) is 5.75 Å². The summed E-state index contributed by atoms with van der Waals surface area (Å²) in [5.74, 6) is 1.46. The maximum atomic E-state index is 12.9. The van der Waals surface area contributed by atoms with Gasteiger partial charge in [0, 0.05) is 12.7 Å². The lowest BCUT2D eigenvalue weighted by Gasteiger charge is -2.37. The lowest BCUT2D eigenvalue weighted by atomic mass is 9.75. The summed E-state index contributed by atoms with van der Waals surface area (Å²) in [6.45, 7) is 4.97. The van der Waals surface area contributed by atoms with Crippen LogP contribution in [0.2, 0.25) is 0 Å². The molecule has 3 heteroatoms. The van der Waals surface area contributed by atoms with Gasteiger partial charge < -0.3 is 9.47 Å². The standard InChI is InChI=1S/C18H26O3/c1-4-12-21-16-9-7-15(8-10-16)17(19)18(20-3)11-5-6-14(2)13-18/h7-10,14H,4-6,11-13H2,1-3H3. The molecule has 3 nitrogen and oxygen atoms in total. The third-order valence-electron chi connectivity index (χ3n) is 4.35. The first-order valence-corrected chi connectivity index (χ1v) is 7.94. The molecule has 1 aliphatic rings. The molecule has 2 atom stereocenters. The molecule has 0 radical (unpaired) electrons. The second-order valence-corrected chi connectivity index (χ2v) is 6.10. The molecule has 1 saturated carbocycles. The summed E-state index contributed by atoms with van der Waals surface area (Å²) in [5.41, 5.74) is 0.0819. The predicted octanol–water partition coefficient (Wildman–Crippen LogP) is 4.25. The smallest absolute Gasteiger partial charge is 0.194 e. The Bertz CT molecular complexity index is 466. The third kappa shape index (κ3) is 3.65. The number of carbonyl (C=O) groups is 1. The SMILES string of the molecule is CCCOc1ccc(C(=O)C2(OC)CCCC(C)C2)cc1. The Balaban J connectivity index is 2.14. The Morgan fingerprint density at radius 3 is 2.62 bits per heavy atom. The molecule has 0 aromatic heterocycles. The molecule has 0 bridgehead atoms. The zero-order valence-electron chi connectivity index (χ0n) is 13.4. The number of hydrogen-bond acceptors (Lipinski definition) is 3. The normalized spacial score (nSPS) is 25.6. The lowest BCUT2D eigenvalue weighted by Crippen LogP contribution is -2.44. The van der Waals surface area contributed by atoms with Crippen molar-refractivity contribution in [2.45, 2.75) is 51.6 Å². The highest BCUT2D eigenvalue weighted by Gasteiger charge is 2.42. The van der Waals surface area contributed by atoms with Crippen LogP contribution in [0.1, 0.15) is 56.3 Å². The van der Waals surface area contributed by atoms with Crippen molar-refractivity contribution in [2.75, 3.05) is 13.7 Å². The highest BCUT2D eigenvalue weighted by Crippen LogP contribution is 2.37. The monoisotopic (exact) mass is 290 g/mol. The highest BCUT2D eigenvalue weighted by atomic mass is 16.5. The number of ketones is 1. The van der Waals surface area contributed by atoms with Crippen molar-refractivity contribution in [1.82, 2.24) is 0 Å². The van der Waals surface area contributed by atoms with E-state index in [1.54, 1.807) is 7.11 Å². The molecular formula is C18H26O3. The largest absolute Gasteiger partial charge is 0.494 e. The zero-order valence-corrected chi connectivity index (χ0v) is 13.4. The molecule has 0 heterocycles. The first-order chi connectivity index (χ1) is 10.1. The maximum absolute atomic E-state index is 12.9. The summed E-state index contributed by atoms with van der Waals surface area (Å²) in [4.78, 5) is 12.9. The molecule has 0 N–H and O–H groups in total. The third-order valence-corrected chi connectivity index (χ3v) is 4.35. The summed E-state index contributed by atoms with van der Waals surface area (Å²) < 4.78 is 11.2. The minimum atomic E-state index is -0.635. The number of methoxy groups -OCH3 is 1. The van der Waals surface area contributed by atoms with Gasteiger partial charge in [-0.15, -0.1) is 0 Å². The highest BCUT2D eigenvalue weighted by molar-refractivity contribution is 6.02. The molecule has 2 rings (SSSR count). The molecule has 1 aliphatic carbocycles. The van der Waals surface area contributed by atoms with Gasteiger partial charge in [-0.25, -0.2) is 0 Å². The molecule has 116 valence electrons. The predicted molar refractivity (Wildman–Crippen MR) is 83.9 cm³/mol. The molecule has 0 spiro atoms. The number of carbonyl (C=O) groups excluding carboxylic acids is 1. The van der Waals surface area contributed by atoms with Crippen molar-refractivity contribution in [1.29, 1.82) is 0 Å². The number of benzene rings is 1. The van der Waals surface area contributed by atoms with Gasteiger partial charge >= 0.3 is 0 Å². The van der Waals surface area contributed by atoms with Crippen molar-refractivity contribution in [3.63, 3.8) is 0 Å². The van der Waals surface area contributed by atoms with Crippen LogP contribution in [0.25, 0.3) is 0 Å². The fraction of sp³-hybridized carbons (Fsp3) is 0.611. The fourth-order valence-corrected chi connectivity index (χ4v) is 3.17. The first-order valence-electron chi connectivity index (χ1n) is 7.94. The molecule has 2 unspecified atom stereocenters. The number of hydrogen-bond donors (Lipinski definition) is 0. The molecular weight excluding hydrogens is 264 g/mol. The number of rotatable bonds is 6. The van der Waals surface area contributed by atoms with E-state index in [2.05, 4.69) is 13.8 Å². The molecule has 1 aromatic carbocycles. The Labute approximate surface area is 127 Å². The minimum absolute atomic E-state index is 0.110. The summed E-state index contributed by atoms with van der Waals surface area (Å²) in [6.07, 6.45) is 4.85. The second kappa shape index (κ2) is 7.08. The van der Waals surface area contributed by atoms with Crippen LogP contribution < -0.4 is 4.74 Å². The number of ether oxygens (including phenoxy) is 2. The summed E-state index contributed by atoms with van der Waals surface area (Å²) >= 11 is 0. The Hall–Kier alpha value is -1.35. The molecule has 1 fully saturated rings. The van der Waals surface area contributed by atoms with E-state index in [0.717, 1.165) is 37.0 Å². The van der Waals surface area contributed by atoms with Crippen LogP contribution in [-0.2, 0) is 4.74 Å². The van der Waals surface area contributed by atoms with E-state index in [9.17, 15) is 4.79 Å². The molecule has 0 amide bonds. The van der Waals surface area contributed by atoms with E-state index in [1.165, 1.54) is 6.42 Å². The topological polar surface area (TPSA) is 35.5 Å². The van der Waals surface area contributed by atoms with Gasteiger partial charge in [0.25, 0.3) is 0 Å². The van der Waals surface area contributed by atoms with Crippen LogP contribution in [0.4, 0.5) is 0 Å². The van der Waals surface area contributed by atoms with E-state index < -0.39 is 5.60 Å². The lowest BCUT2D eigenvalue weighted by molar-refractivity contribution is -0.0302. The summed E-state index contributed by atoms with van der Waals surface area (Å²) in [6, 6.07) is 7.46. The van der Waals surface area contributed by atoms with Gasteiger partial charge in [-0.3, -0.25) is 4.79 Å². The fourth-order valence-electron chi connectivity index (χ4n) is 3.17. The molecule has 0 aliphatic heterocycles. The zero-order chi connectivity index (χ0) is 15.3. The van der Waals surface area contributed by atoms with E-state index in [-0.39, 0.29) is 5.78 Å². The van der Waals surface area contributed by atoms with Gasteiger partial charge in [-0.05, 0) is 55.9 Å². The summed E-state index contributed by atoms with van der Waals surface area (Å²) in [7, 11) is 1.66. The average molecular weight is 290 g/mol. The van der Waals surface area contributed by atoms with Crippen LogP contribution in [0.3, 0.4) is 0 Å². The van der Waals surface area contributed by atoms with Crippen LogP contribution in [0, 0.1) is 5.92 Å². The van der Waals surface area contributed by atoms with Gasteiger partial charge in [0.2, 0.25) is 0 Å². The van der Waals surface area contributed by atoms with E-state index in [1.807, 2.05) is 24.3 Å². The van der Waals surface area contributed by atoms with Gasteiger partial charge in [0.1, 0.15) is 11.4 Å². The molecule has 0 saturated heterocycles. The van der Waals surface area contributed by atoms with Crippen LogP contribution >= 0.6 is 0 Å².